The number of likely N-dealkylation sites (tertiary alicyclic amines) is 2. The molecule has 0 spiro atoms. The van der Waals surface area contributed by atoms with E-state index in [2.05, 4.69) is 115 Å². The zero-order chi connectivity index (χ0) is 62.4. The summed E-state index contributed by atoms with van der Waals surface area (Å²) in [5.41, 5.74) is 6.32. The number of amides is 2. The highest BCUT2D eigenvalue weighted by Crippen LogP contribution is 2.29. The highest BCUT2D eigenvalue weighted by molar-refractivity contribution is 5.85. The minimum absolute atomic E-state index is 0.0391. The standard InChI is InChI=1S/C21H33N3O3.C20H26N2O5.C11H21N3O.C5H12.C4H8.2C2H6/c1-14-8-17(9-15(2)22-7)10-18-12-24(23-19(14)18)13-26-20(25)27-16(3)11-21(4,5)6;1-3-26-20(25)27-15-21(2)19-7-5-4-6-17(19)12-18(13-23)16-8-10-22(14-24)11-9-16;1-12-4-2-11(3-5-12)14-8-6-13(10-15)7-9-14;1-5(2,3)4;1-3-4-2;2*1-2/h8,10,12,15-16,22H,9,11,13H2,1-7H3;4-7,12-14,16H,3,8-11,15H2,1-2H3;10-11H,2-9H2,1H3;1-4H3;3H,1,4H2,2H3;2*1-2H3/b;18-12+;;;;;. The third-order valence-electron chi connectivity index (χ3n) is 13.0. The van der Waals surface area contributed by atoms with Gasteiger partial charge in [-0.3, -0.25) is 19.3 Å². The van der Waals surface area contributed by atoms with Gasteiger partial charge in [-0.05, 0) is 157 Å². The number of ether oxygens (including phenoxy) is 4. The molecule has 4 heterocycles. The second-order valence-electron chi connectivity index (χ2n) is 23.4. The Kier molecular flexibility index (Phi) is 39.1. The van der Waals surface area contributed by atoms with Crippen molar-refractivity contribution in [3.05, 3.63) is 77.5 Å². The van der Waals surface area contributed by atoms with E-state index < -0.39 is 12.3 Å². The number of likely N-dealkylation sites (N-methyl/N-ethyl adjacent to an activating group) is 1. The van der Waals surface area contributed by atoms with Crippen LogP contribution in [0.25, 0.3) is 17.0 Å². The number of aromatic nitrogens is 2. The number of fused-ring (bicyclic) bond motifs is 1. The molecular weight excluding hydrogens is 1040 g/mol. The highest BCUT2D eigenvalue weighted by Gasteiger charge is 2.26. The van der Waals surface area contributed by atoms with Crippen LogP contribution in [-0.4, -0.2) is 166 Å². The molecule has 0 bridgehead atoms. The van der Waals surface area contributed by atoms with Gasteiger partial charge in [0.1, 0.15) is 12.4 Å². The van der Waals surface area contributed by atoms with Crippen LogP contribution in [-0.2, 0) is 46.5 Å². The summed E-state index contributed by atoms with van der Waals surface area (Å²) in [6, 6.07) is 13.1. The molecule has 0 radical (unpaired) electrons. The summed E-state index contributed by atoms with van der Waals surface area (Å²) in [5.74, 6) is 0.132. The third kappa shape index (κ3) is 32.8. The van der Waals surface area contributed by atoms with E-state index in [0.29, 0.717) is 30.1 Å². The highest BCUT2D eigenvalue weighted by atomic mass is 16.7. The fourth-order valence-corrected chi connectivity index (χ4v) is 8.97. The monoisotopic (exact) mass is 1150 g/mol. The van der Waals surface area contributed by atoms with Gasteiger partial charge in [-0.25, -0.2) is 14.3 Å². The van der Waals surface area contributed by atoms with Gasteiger partial charge in [0, 0.05) is 75.7 Å². The Labute approximate surface area is 496 Å². The SMILES string of the molecule is C=CCC.CC.CC.CC(C)(C)C.CCOC(=O)OCN(C)c1ccccc1/C=C(\C=O)C1CCN(C=O)CC1.CN1CCC(N2CCN(C=O)CC2)CC1.CNC(C)Cc1cc(C)c2nn(COC(=O)OC(C)CC(C)(C)C)cc2c1. The van der Waals surface area contributed by atoms with E-state index in [1.54, 1.807) is 28.5 Å². The molecule has 3 saturated heterocycles. The molecule has 3 aromatic rings. The van der Waals surface area contributed by atoms with Crippen molar-refractivity contribution in [3.8, 4) is 0 Å². The molecule has 3 aliphatic heterocycles. The van der Waals surface area contributed by atoms with Gasteiger partial charge in [0.2, 0.25) is 12.8 Å². The first-order chi connectivity index (χ1) is 38.9. The van der Waals surface area contributed by atoms with Crippen molar-refractivity contribution in [2.45, 2.75) is 181 Å². The second kappa shape index (κ2) is 42.1. The topological polar surface area (TPSA) is 168 Å². The molecule has 466 valence electrons. The van der Waals surface area contributed by atoms with Gasteiger partial charge in [0.15, 0.2) is 13.5 Å². The number of nitrogens with one attached hydrogen (secondary N) is 1. The van der Waals surface area contributed by atoms with E-state index >= 15 is 0 Å². The zero-order valence-electron chi connectivity index (χ0n) is 54.5. The van der Waals surface area contributed by atoms with E-state index in [9.17, 15) is 24.0 Å². The van der Waals surface area contributed by atoms with Crippen LogP contribution < -0.4 is 10.2 Å². The Morgan fingerprint density at radius 2 is 1.38 bits per heavy atom. The lowest BCUT2D eigenvalue weighted by molar-refractivity contribution is -0.120. The predicted molar refractivity (Wildman–Crippen MR) is 338 cm³/mol. The molecule has 17 nitrogen and oxygen atoms in total. The number of hydrogen-bond donors (Lipinski definition) is 1. The Hall–Kier alpha value is -5.78. The number of aldehydes is 1. The maximum absolute atomic E-state index is 11.9. The second-order valence-corrected chi connectivity index (χ2v) is 23.4. The minimum atomic E-state index is -0.715. The van der Waals surface area contributed by atoms with Crippen LogP contribution in [0.2, 0.25) is 0 Å². The number of nitrogens with zero attached hydrogens (tertiary/aromatic N) is 7. The summed E-state index contributed by atoms with van der Waals surface area (Å²) < 4.78 is 22.0. The van der Waals surface area contributed by atoms with Crippen molar-refractivity contribution in [1.29, 1.82) is 0 Å². The van der Waals surface area contributed by atoms with Gasteiger partial charge in [-0.2, -0.15) is 5.10 Å². The van der Waals surface area contributed by atoms with Gasteiger partial charge in [-0.15, -0.1) is 6.58 Å². The first-order valence-corrected chi connectivity index (χ1v) is 30.0. The number of carbonyl (C=O) groups excluding carboxylic acids is 5. The number of aryl methyl sites for hydroxylation is 1. The lowest BCUT2D eigenvalue weighted by Gasteiger charge is -2.41. The van der Waals surface area contributed by atoms with Gasteiger partial charge < -0.3 is 43.9 Å². The van der Waals surface area contributed by atoms with Gasteiger partial charge >= 0.3 is 12.3 Å². The maximum atomic E-state index is 11.9. The molecule has 3 fully saturated rings. The first kappa shape index (κ1) is 76.2. The molecule has 1 aromatic heterocycles. The number of piperidine rings is 2. The zero-order valence-corrected chi connectivity index (χ0v) is 54.5. The number of anilines is 1. The van der Waals surface area contributed by atoms with E-state index in [4.69, 9.17) is 18.9 Å². The summed E-state index contributed by atoms with van der Waals surface area (Å²) in [6.45, 7) is 44.5. The molecule has 2 unspecified atom stereocenters. The third-order valence-corrected chi connectivity index (χ3v) is 13.0. The van der Waals surface area contributed by atoms with Gasteiger partial charge in [-0.1, -0.05) is 113 Å². The number of para-hydroxylation sites is 1. The molecular formula is C65H112N8O9. The van der Waals surface area contributed by atoms with Crippen molar-refractivity contribution in [1.82, 2.24) is 34.7 Å². The fraction of sp³-hybridized carbons (Fsp3) is 0.662. The number of rotatable bonds is 18. The number of carbonyl (C=O) groups is 5. The largest absolute Gasteiger partial charge is 0.510 e. The average molecular weight is 1150 g/mol. The number of benzene rings is 2. The summed E-state index contributed by atoms with van der Waals surface area (Å²) >= 11 is 0. The quantitative estimate of drug-likeness (QED) is 0.0420. The molecule has 2 atom stereocenters. The van der Waals surface area contributed by atoms with Crippen molar-refractivity contribution in [2.24, 2.45) is 16.7 Å². The van der Waals surface area contributed by atoms with E-state index in [1.807, 2.05) is 89.2 Å². The van der Waals surface area contributed by atoms with Crippen LogP contribution in [0.3, 0.4) is 0 Å². The van der Waals surface area contributed by atoms with Crippen LogP contribution in [0.5, 0.6) is 0 Å². The van der Waals surface area contributed by atoms with Crippen molar-refractivity contribution < 1.29 is 42.9 Å². The van der Waals surface area contributed by atoms with E-state index in [0.717, 1.165) is 111 Å². The summed E-state index contributed by atoms with van der Waals surface area (Å²) in [4.78, 5) is 66.8. The number of piperazine rings is 1. The molecule has 0 saturated carbocycles. The molecule has 17 heteroatoms. The van der Waals surface area contributed by atoms with E-state index in [-0.39, 0.29) is 37.5 Å². The number of hydrogen-bond acceptors (Lipinski definition) is 14. The molecule has 2 amide bonds. The normalized spacial score (nSPS) is 15.8. The Morgan fingerprint density at radius 3 is 1.89 bits per heavy atom. The Balaban J connectivity index is 0.00000111. The van der Waals surface area contributed by atoms with Crippen LogP contribution in [0.1, 0.15) is 159 Å². The molecule has 82 heavy (non-hydrogen) atoms. The molecule has 0 aliphatic carbocycles. The van der Waals surface area contributed by atoms with E-state index in [1.165, 1.54) is 31.5 Å². The van der Waals surface area contributed by atoms with Crippen LogP contribution in [0, 0.1) is 23.7 Å². The number of allylic oxidation sites excluding steroid dienone is 2. The molecule has 3 aliphatic rings. The summed E-state index contributed by atoms with van der Waals surface area (Å²) in [7, 11) is 5.96. The van der Waals surface area contributed by atoms with Gasteiger partial charge in [0.05, 0.1) is 12.1 Å². The minimum Gasteiger partial charge on any atom is -0.435 e. The average Bonchev–Trinajstić information content (AvgIpc) is 4.07. The molecule has 6 rings (SSSR count). The molecule has 2 aromatic carbocycles. The lowest BCUT2D eigenvalue weighted by Crippen LogP contribution is -2.52. The van der Waals surface area contributed by atoms with Gasteiger partial charge in [0.25, 0.3) is 0 Å². The molecule has 1 N–H and O–H groups in total. The summed E-state index contributed by atoms with van der Waals surface area (Å²) in [5, 5.41) is 8.84. The van der Waals surface area contributed by atoms with Crippen LogP contribution in [0.4, 0.5) is 15.3 Å². The van der Waals surface area contributed by atoms with Crippen molar-refractivity contribution in [2.75, 3.05) is 91.7 Å². The maximum Gasteiger partial charge on any atom is 0.510 e. The first-order valence-electron chi connectivity index (χ1n) is 30.0. The van der Waals surface area contributed by atoms with Crippen LogP contribution in [0.15, 0.2) is 60.8 Å². The van der Waals surface area contributed by atoms with Crippen molar-refractivity contribution >= 4 is 54.1 Å². The van der Waals surface area contributed by atoms with Crippen LogP contribution >= 0.6 is 0 Å². The summed E-state index contributed by atoms with van der Waals surface area (Å²) in [6.07, 6.45) is 13.8. The fourth-order valence-electron chi connectivity index (χ4n) is 8.97. The lowest BCUT2D eigenvalue weighted by atomic mass is 9.88. The predicted octanol–water partition coefficient (Wildman–Crippen LogP) is 12.7. The van der Waals surface area contributed by atoms with Crippen molar-refractivity contribution in [3.63, 3.8) is 0 Å². The smallest absolute Gasteiger partial charge is 0.435 e. The Bertz CT molecular complexity index is 2260. The Morgan fingerprint density at radius 1 is 0.817 bits per heavy atom.